The van der Waals surface area contributed by atoms with E-state index < -0.39 is 21.8 Å². The van der Waals surface area contributed by atoms with E-state index in [0.717, 1.165) is 12.1 Å². The van der Waals surface area contributed by atoms with E-state index in [9.17, 15) is 21.6 Å². The number of pyridine rings is 1. The molecule has 27 heavy (non-hydrogen) atoms. The lowest BCUT2D eigenvalue weighted by atomic mass is 10.2. The molecule has 140 valence electrons. The Morgan fingerprint density at radius 2 is 1.56 bits per heavy atom. The molecule has 0 saturated carbocycles. The molecule has 9 heteroatoms. The SMILES string of the molecule is O=S(=O)(Nc1ccc(Oc2ccccc2)nc1)c1ccc(C(F)(F)F)cc1. The number of sulfonamides is 1. The first-order valence-corrected chi connectivity index (χ1v) is 9.11. The maximum absolute atomic E-state index is 12.6. The molecule has 0 aliphatic carbocycles. The first kappa shape index (κ1) is 18.7. The van der Waals surface area contributed by atoms with Crippen molar-refractivity contribution >= 4 is 15.7 Å². The van der Waals surface area contributed by atoms with Gasteiger partial charge < -0.3 is 4.74 Å². The van der Waals surface area contributed by atoms with Gasteiger partial charge >= 0.3 is 6.18 Å². The van der Waals surface area contributed by atoms with Crippen LogP contribution in [-0.4, -0.2) is 13.4 Å². The number of benzene rings is 2. The van der Waals surface area contributed by atoms with Crippen molar-refractivity contribution in [1.82, 2.24) is 4.98 Å². The molecule has 5 nitrogen and oxygen atoms in total. The average Bonchev–Trinajstić information content (AvgIpc) is 2.63. The Bertz CT molecular complexity index is 1000. The Kier molecular flexibility index (Phi) is 5.04. The number of alkyl halides is 3. The van der Waals surface area contributed by atoms with E-state index in [-0.39, 0.29) is 16.5 Å². The summed E-state index contributed by atoms with van der Waals surface area (Å²) in [6.07, 6.45) is -3.28. The standard InChI is InChI=1S/C18H13F3N2O3S/c19-18(20,21)13-6-9-16(10-7-13)27(24,25)23-14-8-11-17(22-12-14)26-15-4-2-1-3-5-15/h1-12,23H. The molecule has 1 N–H and O–H groups in total. The summed E-state index contributed by atoms with van der Waals surface area (Å²) in [5.74, 6) is 0.835. The van der Waals surface area contributed by atoms with Crippen molar-refractivity contribution in [2.75, 3.05) is 4.72 Å². The summed E-state index contributed by atoms with van der Waals surface area (Å²) >= 11 is 0. The zero-order valence-electron chi connectivity index (χ0n) is 13.6. The molecule has 0 unspecified atom stereocenters. The van der Waals surface area contributed by atoms with Gasteiger partial charge in [0.2, 0.25) is 5.88 Å². The molecule has 0 aliphatic rings. The van der Waals surface area contributed by atoms with E-state index in [4.69, 9.17) is 4.74 Å². The fourth-order valence-electron chi connectivity index (χ4n) is 2.15. The zero-order chi connectivity index (χ0) is 19.5. The van der Waals surface area contributed by atoms with Crippen molar-refractivity contribution in [1.29, 1.82) is 0 Å². The van der Waals surface area contributed by atoms with E-state index >= 15 is 0 Å². The van der Waals surface area contributed by atoms with Crippen molar-refractivity contribution in [2.45, 2.75) is 11.1 Å². The van der Waals surface area contributed by atoms with Gasteiger partial charge in [-0.15, -0.1) is 0 Å². The van der Waals surface area contributed by atoms with E-state index in [0.29, 0.717) is 17.9 Å². The van der Waals surface area contributed by atoms with Crippen molar-refractivity contribution in [3.63, 3.8) is 0 Å². The second-order valence-corrected chi connectivity index (χ2v) is 7.11. The van der Waals surface area contributed by atoms with Crippen LogP contribution in [0.2, 0.25) is 0 Å². The highest BCUT2D eigenvalue weighted by molar-refractivity contribution is 7.92. The largest absolute Gasteiger partial charge is 0.439 e. The number of para-hydroxylation sites is 1. The summed E-state index contributed by atoms with van der Waals surface area (Å²) in [6.45, 7) is 0. The first-order chi connectivity index (χ1) is 12.7. The molecule has 0 aliphatic heterocycles. The van der Waals surface area contributed by atoms with Gasteiger partial charge in [-0.05, 0) is 42.5 Å². The molecule has 3 aromatic rings. The molecule has 1 aromatic heterocycles. The third kappa shape index (κ3) is 4.76. The first-order valence-electron chi connectivity index (χ1n) is 7.63. The van der Waals surface area contributed by atoms with Gasteiger partial charge in [-0.25, -0.2) is 13.4 Å². The molecule has 0 saturated heterocycles. The topological polar surface area (TPSA) is 68.3 Å². The molecular weight excluding hydrogens is 381 g/mol. The molecule has 0 amide bonds. The van der Waals surface area contributed by atoms with Gasteiger partial charge in [0.25, 0.3) is 10.0 Å². The molecule has 2 aromatic carbocycles. The predicted molar refractivity (Wildman–Crippen MR) is 93.0 cm³/mol. The number of nitrogens with one attached hydrogen (secondary N) is 1. The lowest BCUT2D eigenvalue weighted by Crippen LogP contribution is -2.14. The Labute approximate surface area is 153 Å². The minimum absolute atomic E-state index is 0.148. The van der Waals surface area contributed by atoms with Gasteiger partial charge in [0.1, 0.15) is 5.75 Å². The maximum Gasteiger partial charge on any atom is 0.416 e. The van der Waals surface area contributed by atoms with Crippen LogP contribution >= 0.6 is 0 Å². The normalized spacial score (nSPS) is 11.8. The van der Waals surface area contributed by atoms with E-state index in [1.165, 1.54) is 18.3 Å². The van der Waals surface area contributed by atoms with Crippen LogP contribution in [0.25, 0.3) is 0 Å². The minimum Gasteiger partial charge on any atom is -0.439 e. The summed E-state index contributed by atoms with van der Waals surface area (Å²) in [4.78, 5) is 3.71. The number of anilines is 1. The van der Waals surface area contributed by atoms with E-state index in [1.807, 2.05) is 6.07 Å². The highest BCUT2D eigenvalue weighted by Crippen LogP contribution is 2.30. The van der Waals surface area contributed by atoms with Gasteiger partial charge in [-0.1, -0.05) is 18.2 Å². The smallest absolute Gasteiger partial charge is 0.416 e. The highest BCUT2D eigenvalue weighted by Gasteiger charge is 2.30. The molecule has 0 fully saturated rings. The van der Waals surface area contributed by atoms with Crippen molar-refractivity contribution in [3.05, 3.63) is 78.5 Å². The summed E-state index contributed by atoms with van der Waals surface area (Å²) in [7, 11) is -4.05. The third-order valence-corrected chi connectivity index (χ3v) is 4.84. The second-order valence-electron chi connectivity index (χ2n) is 5.43. The van der Waals surface area contributed by atoms with E-state index in [2.05, 4.69) is 9.71 Å². The summed E-state index contributed by atoms with van der Waals surface area (Å²) in [6, 6.07) is 15.0. The Hall–Kier alpha value is -3.07. The number of hydrogen-bond acceptors (Lipinski definition) is 4. The molecule has 0 spiro atoms. The van der Waals surface area contributed by atoms with E-state index in [1.54, 1.807) is 24.3 Å². The number of aromatic nitrogens is 1. The fraction of sp³-hybridized carbons (Fsp3) is 0.0556. The predicted octanol–water partition coefficient (Wildman–Crippen LogP) is 4.69. The Balaban J connectivity index is 1.72. The number of nitrogens with zero attached hydrogens (tertiary/aromatic N) is 1. The van der Waals surface area contributed by atoms with Gasteiger partial charge in [0.05, 0.1) is 22.3 Å². The van der Waals surface area contributed by atoms with Crippen LogP contribution in [-0.2, 0) is 16.2 Å². The molecule has 3 rings (SSSR count). The summed E-state index contributed by atoms with van der Waals surface area (Å²) in [5, 5.41) is 0. The van der Waals surface area contributed by atoms with Crippen LogP contribution in [0.5, 0.6) is 11.6 Å². The van der Waals surface area contributed by atoms with Gasteiger partial charge in [-0.3, -0.25) is 4.72 Å². The van der Waals surface area contributed by atoms with Crippen molar-refractivity contribution in [3.8, 4) is 11.6 Å². The van der Waals surface area contributed by atoms with Crippen LogP contribution < -0.4 is 9.46 Å². The van der Waals surface area contributed by atoms with Crippen LogP contribution in [0.1, 0.15) is 5.56 Å². The van der Waals surface area contributed by atoms with Crippen LogP contribution in [0.3, 0.4) is 0 Å². The summed E-state index contributed by atoms with van der Waals surface area (Å²) in [5.41, 5.74) is -0.777. The quantitative estimate of drug-likeness (QED) is 0.682. The van der Waals surface area contributed by atoms with Crippen molar-refractivity contribution in [2.24, 2.45) is 0 Å². The van der Waals surface area contributed by atoms with Crippen LogP contribution in [0.15, 0.2) is 77.8 Å². The number of ether oxygens (including phenoxy) is 1. The summed E-state index contributed by atoms with van der Waals surface area (Å²) < 4.78 is 70.0. The Morgan fingerprint density at radius 1 is 0.889 bits per heavy atom. The number of halogens is 3. The lowest BCUT2D eigenvalue weighted by molar-refractivity contribution is -0.137. The van der Waals surface area contributed by atoms with Crippen LogP contribution in [0, 0.1) is 0 Å². The van der Waals surface area contributed by atoms with Gasteiger partial charge in [0, 0.05) is 6.07 Å². The van der Waals surface area contributed by atoms with Gasteiger partial charge in [0.15, 0.2) is 0 Å². The number of hydrogen-bond donors (Lipinski definition) is 1. The maximum atomic E-state index is 12.6. The molecule has 1 heterocycles. The lowest BCUT2D eigenvalue weighted by Gasteiger charge is -2.10. The molecule has 0 radical (unpaired) electrons. The average molecular weight is 394 g/mol. The second kappa shape index (κ2) is 7.28. The highest BCUT2D eigenvalue weighted by atomic mass is 32.2. The molecule has 0 bridgehead atoms. The zero-order valence-corrected chi connectivity index (χ0v) is 14.5. The molecule has 0 atom stereocenters. The van der Waals surface area contributed by atoms with Gasteiger partial charge in [-0.2, -0.15) is 13.2 Å². The third-order valence-electron chi connectivity index (χ3n) is 3.45. The minimum atomic E-state index is -4.53. The van der Waals surface area contributed by atoms with Crippen LogP contribution in [0.4, 0.5) is 18.9 Å². The Morgan fingerprint density at radius 3 is 2.11 bits per heavy atom. The number of rotatable bonds is 5. The van der Waals surface area contributed by atoms with Crippen molar-refractivity contribution < 1.29 is 26.3 Å². The molecular formula is C18H13F3N2O3S. The fourth-order valence-corrected chi connectivity index (χ4v) is 3.19. The monoisotopic (exact) mass is 394 g/mol.